The van der Waals surface area contributed by atoms with Crippen LogP contribution in [0.5, 0.6) is 11.5 Å². The number of aromatic nitrogens is 1. The summed E-state index contributed by atoms with van der Waals surface area (Å²) in [5.74, 6) is -3.23. The first-order valence-electron chi connectivity index (χ1n) is 13.9. The Labute approximate surface area is 251 Å². The molecule has 2 aliphatic rings. The summed E-state index contributed by atoms with van der Waals surface area (Å²) in [5, 5.41) is 24.5. The predicted molar refractivity (Wildman–Crippen MR) is 151 cm³/mol. The molecule has 13 heteroatoms. The van der Waals surface area contributed by atoms with Crippen molar-refractivity contribution in [1.29, 1.82) is 0 Å². The lowest BCUT2D eigenvalue weighted by Crippen LogP contribution is -2.58. The van der Waals surface area contributed by atoms with Crippen molar-refractivity contribution in [1.82, 2.24) is 10.3 Å². The predicted octanol–water partition coefficient (Wildman–Crippen LogP) is 3.37. The second-order valence-electron chi connectivity index (χ2n) is 11.4. The van der Waals surface area contributed by atoms with E-state index >= 15 is 4.39 Å². The van der Waals surface area contributed by atoms with Crippen LogP contribution in [-0.4, -0.2) is 81.7 Å². The molecule has 0 bridgehead atoms. The fourth-order valence-corrected chi connectivity index (χ4v) is 5.10. The molecule has 232 valence electrons. The first-order chi connectivity index (χ1) is 20.8. The number of aliphatic hydroxyl groups excluding tert-OH is 1. The molecule has 1 aliphatic heterocycles. The summed E-state index contributed by atoms with van der Waals surface area (Å²) in [6.45, 7) is 6.25. The number of alkyl halides is 1. The molecule has 0 unspecified atom stereocenters. The third-order valence-corrected chi connectivity index (χ3v) is 7.10. The first kappa shape index (κ1) is 30.8. The number of aliphatic hydroxyl groups is 1. The van der Waals surface area contributed by atoms with Gasteiger partial charge in [0.1, 0.15) is 17.2 Å². The van der Waals surface area contributed by atoms with Crippen molar-refractivity contribution in [3.05, 3.63) is 64.8 Å². The van der Waals surface area contributed by atoms with Gasteiger partial charge in [0.05, 0.1) is 18.1 Å². The Bertz CT molecular complexity index is 1650. The van der Waals surface area contributed by atoms with Crippen molar-refractivity contribution in [2.75, 3.05) is 6.54 Å². The van der Waals surface area contributed by atoms with Crippen molar-refractivity contribution in [3.63, 3.8) is 0 Å². The third kappa shape index (κ3) is 5.80. The molecule has 3 aromatic rings. The number of phenols is 1. The Balaban J connectivity index is 1.40. The van der Waals surface area contributed by atoms with Crippen LogP contribution in [0.3, 0.4) is 0 Å². The number of phenolic OH excluding ortho intramolecular Hbond substituents is 1. The second kappa shape index (κ2) is 11.8. The lowest BCUT2D eigenvalue weighted by molar-refractivity contribution is -0.257. The zero-order valence-corrected chi connectivity index (χ0v) is 24.3. The lowest BCUT2D eigenvalue weighted by atomic mass is 9.81. The van der Waals surface area contributed by atoms with E-state index in [1.54, 1.807) is 32.9 Å². The highest BCUT2D eigenvalue weighted by Crippen LogP contribution is 2.45. The van der Waals surface area contributed by atoms with E-state index < -0.39 is 71.5 Å². The number of hydrogen-bond acceptors (Lipinski definition) is 11. The number of nitrogens with zero attached hydrogens (tertiary/aromatic N) is 1. The van der Waals surface area contributed by atoms with E-state index in [1.807, 2.05) is 0 Å². The summed E-state index contributed by atoms with van der Waals surface area (Å²) in [6.07, 6.45) is -8.27. The number of pyridine rings is 1. The normalized spacial score (nSPS) is 23.0. The summed E-state index contributed by atoms with van der Waals surface area (Å²) in [4.78, 5) is 55.5. The molecule has 1 saturated heterocycles. The molecule has 1 aromatic heterocycles. The van der Waals surface area contributed by atoms with E-state index in [2.05, 4.69) is 10.3 Å². The fraction of sp³-hybridized carbons (Fsp3) is 0.387. The number of ether oxygens (including phenoxy) is 4. The fourth-order valence-electron chi connectivity index (χ4n) is 5.10. The molecule has 44 heavy (non-hydrogen) atoms. The molecule has 1 amide bonds. The quantitative estimate of drug-likeness (QED) is 0.274. The van der Waals surface area contributed by atoms with Crippen molar-refractivity contribution in [2.45, 2.75) is 70.5 Å². The van der Waals surface area contributed by atoms with Crippen LogP contribution in [0.2, 0.25) is 0 Å². The highest BCUT2D eigenvalue weighted by Gasteiger charge is 2.48. The number of halogens is 1. The molecule has 0 spiro atoms. The largest absolute Gasteiger partial charge is 0.504 e. The minimum Gasteiger partial charge on any atom is -0.504 e. The van der Waals surface area contributed by atoms with E-state index in [0.717, 1.165) is 0 Å². The van der Waals surface area contributed by atoms with Gasteiger partial charge in [-0.1, -0.05) is 30.3 Å². The van der Waals surface area contributed by atoms with Crippen LogP contribution in [0.4, 0.5) is 9.18 Å². The van der Waals surface area contributed by atoms with Gasteiger partial charge in [-0.05, 0) is 33.8 Å². The number of carbonyl (C=O) groups excluding carboxylic acids is 4. The molecule has 0 radical (unpaired) electrons. The monoisotopic (exact) mass is 610 g/mol. The first-order valence-corrected chi connectivity index (χ1v) is 13.9. The average molecular weight is 611 g/mol. The Morgan fingerprint density at radius 1 is 1.07 bits per heavy atom. The number of esters is 1. The molecule has 3 N–H and O–H groups in total. The highest BCUT2D eigenvalue weighted by atomic mass is 19.1. The summed E-state index contributed by atoms with van der Waals surface area (Å²) in [5.41, 5.74) is -0.944. The summed E-state index contributed by atoms with van der Waals surface area (Å²) in [7, 11) is 0. The van der Waals surface area contributed by atoms with Crippen molar-refractivity contribution < 1.29 is 52.7 Å². The van der Waals surface area contributed by atoms with E-state index in [1.165, 1.54) is 37.4 Å². The van der Waals surface area contributed by atoms with Crippen molar-refractivity contribution >= 4 is 34.5 Å². The van der Waals surface area contributed by atoms with Gasteiger partial charge in [0.15, 0.2) is 29.2 Å². The summed E-state index contributed by atoms with van der Waals surface area (Å²) < 4.78 is 37.5. The molecule has 5 rings (SSSR count). The zero-order valence-electron chi connectivity index (χ0n) is 24.3. The molecule has 0 saturated carbocycles. The van der Waals surface area contributed by atoms with E-state index in [0.29, 0.717) is 0 Å². The second-order valence-corrected chi connectivity index (χ2v) is 11.4. The van der Waals surface area contributed by atoms with Gasteiger partial charge in [0.25, 0.3) is 0 Å². The number of nitrogens with one attached hydrogen (secondary N) is 1. The minimum absolute atomic E-state index is 0.0411. The van der Waals surface area contributed by atoms with Crippen LogP contribution in [-0.2, 0) is 19.0 Å². The van der Waals surface area contributed by atoms with E-state index in [9.17, 15) is 29.4 Å². The molecule has 2 aromatic carbocycles. The molecule has 12 nitrogen and oxygen atoms in total. The molecule has 5 atom stereocenters. The number of carbonyl (C=O) groups is 4. The van der Waals surface area contributed by atoms with Crippen LogP contribution in [0.25, 0.3) is 10.9 Å². The van der Waals surface area contributed by atoms with Gasteiger partial charge < -0.3 is 34.5 Å². The van der Waals surface area contributed by atoms with Gasteiger partial charge in [-0.2, -0.15) is 0 Å². The standard InChI is InChI=1S/C31H31FN2O10/c1-14-23(36)27(42-18(35)11-13-34-30(40)44-31(2,3)4)21(32)29(41-14)43-28-22-17(10-7-12-33-22)19-20(26(28)39)25(38)16-9-6-5-8-15(16)24(19)37/h5-10,12,14,21,23,27,29,36,39H,11,13H2,1-4H3,(H,34,40)/t14-,21-,23+,27-,29+/m0/s1. The summed E-state index contributed by atoms with van der Waals surface area (Å²) in [6, 6.07) is 9.21. The number of ketones is 2. The topological polar surface area (TPSA) is 171 Å². The Morgan fingerprint density at radius 2 is 1.73 bits per heavy atom. The smallest absolute Gasteiger partial charge is 0.407 e. The number of amides is 1. The third-order valence-electron chi connectivity index (χ3n) is 7.10. The Hall–Kier alpha value is -4.62. The number of alkyl carbamates (subject to hydrolysis) is 1. The van der Waals surface area contributed by atoms with E-state index in [4.69, 9.17) is 18.9 Å². The van der Waals surface area contributed by atoms with Gasteiger partial charge in [0, 0.05) is 34.8 Å². The van der Waals surface area contributed by atoms with Gasteiger partial charge in [-0.15, -0.1) is 0 Å². The molecule has 2 heterocycles. The van der Waals surface area contributed by atoms with Gasteiger partial charge in [-0.3, -0.25) is 19.4 Å². The van der Waals surface area contributed by atoms with E-state index in [-0.39, 0.29) is 46.1 Å². The maximum absolute atomic E-state index is 15.8. The van der Waals surface area contributed by atoms with Crippen LogP contribution in [0.1, 0.15) is 66.0 Å². The number of hydrogen-bond donors (Lipinski definition) is 3. The number of benzene rings is 2. The van der Waals surface area contributed by atoms with Gasteiger partial charge in [0.2, 0.25) is 12.5 Å². The van der Waals surface area contributed by atoms with Crippen molar-refractivity contribution in [2.24, 2.45) is 0 Å². The number of rotatable bonds is 6. The molecular weight excluding hydrogens is 579 g/mol. The average Bonchev–Trinajstić information content (AvgIpc) is 2.97. The zero-order chi connectivity index (χ0) is 31.9. The van der Waals surface area contributed by atoms with Crippen LogP contribution in [0.15, 0.2) is 42.6 Å². The van der Waals surface area contributed by atoms with Gasteiger partial charge >= 0.3 is 12.1 Å². The molecule has 1 fully saturated rings. The Morgan fingerprint density at radius 3 is 2.39 bits per heavy atom. The Kier molecular flexibility index (Phi) is 8.28. The minimum atomic E-state index is -2.27. The summed E-state index contributed by atoms with van der Waals surface area (Å²) >= 11 is 0. The maximum atomic E-state index is 15.8. The number of aromatic hydroxyl groups is 1. The highest BCUT2D eigenvalue weighted by molar-refractivity contribution is 6.33. The SMILES string of the molecule is C[C@@H]1O[C@H](Oc2c(O)c3c(c4cccnc24)C(=O)c2ccccc2C3=O)[C@@H](F)[C@H](OC(=O)CCNC(=O)OC(C)(C)C)[C@@H]1O. The van der Waals surface area contributed by atoms with Crippen molar-refractivity contribution in [3.8, 4) is 11.5 Å². The van der Waals surface area contributed by atoms with Crippen LogP contribution in [0, 0.1) is 0 Å². The molecule has 1 aliphatic carbocycles. The maximum Gasteiger partial charge on any atom is 0.407 e. The van der Waals surface area contributed by atoms with Gasteiger partial charge in [-0.25, -0.2) is 9.18 Å². The molecular formula is C31H31FN2O10. The lowest BCUT2D eigenvalue weighted by Gasteiger charge is -2.39. The van der Waals surface area contributed by atoms with Crippen LogP contribution >= 0.6 is 0 Å². The number of fused-ring (bicyclic) bond motifs is 4. The van der Waals surface area contributed by atoms with Crippen LogP contribution < -0.4 is 10.1 Å².